The van der Waals surface area contributed by atoms with Gasteiger partial charge in [-0.2, -0.15) is 12.6 Å². The van der Waals surface area contributed by atoms with Crippen molar-refractivity contribution < 1.29 is 29.1 Å². The number of carbonyl (C=O) groups is 5. The van der Waals surface area contributed by atoms with Crippen LogP contribution in [-0.2, 0) is 24.0 Å². The van der Waals surface area contributed by atoms with Gasteiger partial charge in [0.25, 0.3) is 0 Å². The Labute approximate surface area is 143 Å². The molecule has 24 heavy (non-hydrogen) atoms. The van der Waals surface area contributed by atoms with Gasteiger partial charge in [0, 0.05) is 31.7 Å². The molecule has 134 valence electrons. The number of hydrogen-bond acceptors (Lipinski definition) is 6. The number of carboxylic acids is 1. The van der Waals surface area contributed by atoms with Crippen molar-refractivity contribution in [2.24, 2.45) is 0 Å². The second-order valence-electron chi connectivity index (χ2n) is 5.10. The van der Waals surface area contributed by atoms with Crippen molar-refractivity contribution in [2.45, 2.75) is 31.3 Å². The number of thiol groups is 1. The van der Waals surface area contributed by atoms with E-state index in [4.69, 9.17) is 5.11 Å². The molecule has 1 aliphatic heterocycles. The van der Waals surface area contributed by atoms with Gasteiger partial charge in [-0.25, -0.2) is 0 Å². The van der Waals surface area contributed by atoms with Crippen molar-refractivity contribution in [3.63, 3.8) is 0 Å². The number of hydrogen-bond donors (Lipinski definition) is 6. The minimum Gasteiger partial charge on any atom is -0.481 e. The summed E-state index contributed by atoms with van der Waals surface area (Å²) in [4.78, 5) is 58.1. The lowest BCUT2D eigenvalue weighted by molar-refractivity contribution is -0.140. The van der Waals surface area contributed by atoms with Crippen molar-refractivity contribution in [1.82, 2.24) is 21.3 Å². The van der Waals surface area contributed by atoms with E-state index in [1.165, 1.54) is 0 Å². The zero-order valence-electron chi connectivity index (χ0n) is 12.8. The van der Waals surface area contributed by atoms with E-state index in [0.717, 1.165) is 0 Å². The van der Waals surface area contributed by atoms with Crippen LogP contribution in [0.2, 0.25) is 0 Å². The lowest BCUT2D eigenvalue weighted by atomic mass is 10.1. The first-order valence-corrected chi connectivity index (χ1v) is 7.93. The highest BCUT2D eigenvalue weighted by Crippen LogP contribution is 1.97. The van der Waals surface area contributed by atoms with E-state index in [-0.39, 0.29) is 31.7 Å². The van der Waals surface area contributed by atoms with Gasteiger partial charge in [-0.05, 0) is 0 Å². The Kier molecular flexibility index (Phi) is 8.02. The molecule has 1 aliphatic rings. The van der Waals surface area contributed by atoms with Crippen LogP contribution < -0.4 is 21.3 Å². The maximum atomic E-state index is 11.9. The third-order valence-electron chi connectivity index (χ3n) is 3.17. The van der Waals surface area contributed by atoms with Gasteiger partial charge >= 0.3 is 5.97 Å². The molecule has 1 saturated heterocycles. The van der Waals surface area contributed by atoms with Crippen LogP contribution in [-0.4, -0.2) is 65.6 Å². The van der Waals surface area contributed by atoms with Crippen molar-refractivity contribution >= 4 is 42.2 Å². The van der Waals surface area contributed by atoms with E-state index in [1.54, 1.807) is 0 Å². The maximum absolute atomic E-state index is 11.9. The average Bonchev–Trinajstić information content (AvgIpc) is 2.50. The summed E-state index contributed by atoms with van der Waals surface area (Å²) in [5.74, 6) is -3.36. The molecule has 0 aromatic rings. The number of amides is 4. The zero-order chi connectivity index (χ0) is 18.1. The van der Waals surface area contributed by atoms with Crippen molar-refractivity contribution in [3.8, 4) is 0 Å². The maximum Gasteiger partial charge on any atom is 0.305 e. The van der Waals surface area contributed by atoms with Crippen LogP contribution in [0.25, 0.3) is 0 Å². The van der Waals surface area contributed by atoms with Crippen LogP contribution >= 0.6 is 12.6 Å². The molecule has 0 unspecified atom stereocenters. The van der Waals surface area contributed by atoms with Gasteiger partial charge in [-0.1, -0.05) is 0 Å². The van der Waals surface area contributed by atoms with Crippen LogP contribution in [0, 0.1) is 0 Å². The highest BCUT2D eigenvalue weighted by molar-refractivity contribution is 7.80. The molecule has 1 heterocycles. The molecule has 0 saturated carbocycles. The second-order valence-corrected chi connectivity index (χ2v) is 5.47. The van der Waals surface area contributed by atoms with Gasteiger partial charge in [-0.3, -0.25) is 24.0 Å². The van der Waals surface area contributed by atoms with Gasteiger partial charge in [0.2, 0.25) is 23.6 Å². The summed E-state index contributed by atoms with van der Waals surface area (Å²) in [6.07, 6.45) is -0.822. The first-order chi connectivity index (χ1) is 11.3. The van der Waals surface area contributed by atoms with Gasteiger partial charge < -0.3 is 26.4 Å². The molecule has 0 aliphatic carbocycles. The number of nitrogens with one attached hydrogen (secondary N) is 4. The fraction of sp³-hybridized carbons (Fsp3) is 0.615. The lowest BCUT2D eigenvalue weighted by Gasteiger charge is -2.20. The normalized spacial score (nSPS) is 24.0. The Balaban J connectivity index is 2.80. The number of aliphatic carboxylic acids is 1. The number of carbonyl (C=O) groups excluding carboxylic acids is 4. The summed E-state index contributed by atoms with van der Waals surface area (Å²) < 4.78 is 0. The number of rotatable bonds is 3. The Bertz CT molecular complexity index is 527. The second kappa shape index (κ2) is 9.75. The summed E-state index contributed by atoms with van der Waals surface area (Å²) in [6.45, 7) is -0.0796. The summed E-state index contributed by atoms with van der Waals surface area (Å²) in [7, 11) is 0. The van der Waals surface area contributed by atoms with Crippen molar-refractivity contribution in [1.29, 1.82) is 0 Å². The van der Waals surface area contributed by atoms with Gasteiger partial charge in [0.05, 0.1) is 6.42 Å². The third-order valence-corrected chi connectivity index (χ3v) is 3.53. The van der Waals surface area contributed by atoms with Crippen LogP contribution in [0.5, 0.6) is 0 Å². The van der Waals surface area contributed by atoms with E-state index < -0.39 is 48.1 Å². The largest absolute Gasteiger partial charge is 0.481 e. The Hall–Kier alpha value is -2.30. The molecule has 10 nitrogen and oxygen atoms in total. The molecule has 1 rings (SSSR count). The fourth-order valence-electron chi connectivity index (χ4n) is 1.96. The molecule has 1 fully saturated rings. The highest BCUT2D eigenvalue weighted by atomic mass is 32.1. The molecule has 2 atom stereocenters. The Morgan fingerprint density at radius 2 is 1.42 bits per heavy atom. The molecule has 0 radical (unpaired) electrons. The fourth-order valence-corrected chi connectivity index (χ4v) is 2.21. The molecular weight excluding hydrogens is 340 g/mol. The molecule has 0 aromatic carbocycles. The average molecular weight is 360 g/mol. The first-order valence-electron chi connectivity index (χ1n) is 7.30. The van der Waals surface area contributed by atoms with E-state index in [0.29, 0.717) is 0 Å². The first kappa shape index (κ1) is 19.7. The Morgan fingerprint density at radius 1 is 0.958 bits per heavy atom. The summed E-state index contributed by atoms with van der Waals surface area (Å²) in [5.41, 5.74) is 0. The standard InChI is InChI=1S/C13H20N4O6S/c18-9-1-4-15-13(23)8(6-24)17-10(19)2-3-14-12(22)7(16-9)5-11(20)21/h7-8,24H,1-6H2,(H,14,22)(H,15,23)(H,16,18)(H,17,19)(H,20,21)/t7-,8-/m0/s1. The summed E-state index contributed by atoms with van der Waals surface area (Å²) in [6, 6.07) is -2.09. The van der Waals surface area contributed by atoms with Crippen LogP contribution in [0.1, 0.15) is 19.3 Å². The predicted octanol–water partition coefficient (Wildman–Crippen LogP) is -2.61. The molecule has 4 amide bonds. The zero-order valence-corrected chi connectivity index (χ0v) is 13.7. The molecule has 11 heteroatoms. The van der Waals surface area contributed by atoms with Crippen LogP contribution in [0.4, 0.5) is 0 Å². The number of carboxylic acid groups (broad SMARTS) is 1. The topological polar surface area (TPSA) is 154 Å². The van der Waals surface area contributed by atoms with Crippen LogP contribution in [0.3, 0.4) is 0 Å². The van der Waals surface area contributed by atoms with Gasteiger partial charge in [0.15, 0.2) is 0 Å². The summed E-state index contributed by atoms with van der Waals surface area (Å²) >= 11 is 3.99. The Morgan fingerprint density at radius 3 is 1.88 bits per heavy atom. The molecule has 0 bridgehead atoms. The molecule has 0 aromatic heterocycles. The minimum atomic E-state index is -1.25. The van der Waals surface area contributed by atoms with Gasteiger partial charge in [-0.15, -0.1) is 0 Å². The van der Waals surface area contributed by atoms with E-state index in [1.807, 2.05) is 0 Å². The minimum absolute atomic E-state index is 0.0216. The summed E-state index contributed by atoms with van der Waals surface area (Å²) in [5, 5.41) is 18.4. The van der Waals surface area contributed by atoms with E-state index in [2.05, 4.69) is 33.9 Å². The molecule has 5 N–H and O–H groups in total. The third kappa shape index (κ3) is 6.86. The van der Waals surface area contributed by atoms with Gasteiger partial charge in [0.1, 0.15) is 12.1 Å². The molecule has 0 spiro atoms. The van der Waals surface area contributed by atoms with E-state index in [9.17, 15) is 24.0 Å². The van der Waals surface area contributed by atoms with E-state index >= 15 is 0 Å². The van der Waals surface area contributed by atoms with Crippen molar-refractivity contribution in [3.05, 3.63) is 0 Å². The monoisotopic (exact) mass is 360 g/mol. The predicted molar refractivity (Wildman–Crippen MR) is 85.2 cm³/mol. The SMILES string of the molecule is O=C(O)C[C@@H]1NC(=O)CCNC(=O)[C@H](CS)NC(=O)CCNC1=O. The lowest BCUT2D eigenvalue weighted by Crippen LogP contribution is -2.52. The van der Waals surface area contributed by atoms with Crippen LogP contribution in [0.15, 0.2) is 0 Å². The smallest absolute Gasteiger partial charge is 0.305 e. The molecular formula is C13H20N4O6S. The quantitative estimate of drug-likeness (QED) is 0.303. The highest BCUT2D eigenvalue weighted by Gasteiger charge is 2.25. The van der Waals surface area contributed by atoms with Crippen molar-refractivity contribution in [2.75, 3.05) is 18.8 Å².